The van der Waals surface area contributed by atoms with Crippen molar-refractivity contribution in [1.82, 2.24) is 14.7 Å². The number of aryl methyl sites for hydroxylation is 2. The second-order valence-corrected chi connectivity index (χ2v) is 5.35. The number of ether oxygens (including phenoxy) is 1. The topological polar surface area (TPSA) is 67.6 Å². The maximum absolute atomic E-state index is 10.9. The van der Waals surface area contributed by atoms with Gasteiger partial charge in [0.1, 0.15) is 5.15 Å². The molecular formula is C13H20ClN3O3. The fourth-order valence-corrected chi connectivity index (χ4v) is 2.74. The van der Waals surface area contributed by atoms with Crippen molar-refractivity contribution in [2.75, 3.05) is 19.8 Å². The Kier molecular flexibility index (Phi) is 5.01. The Morgan fingerprint density at radius 2 is 2.35 bits per heavy atom. The van der Waals surface area contributed by atoms with Crippen LogP contribution >= 0.6 is 11.6 Å². The van der Waals surface area contributed by atoms with Gasteiger partial charge in [0.2, 0.25) is 0 Å². The number of hydrogen-bond acceptors (Lipinski definition) is 4. The first-order valence-electron chi connectivity index (χ1n) is 6.76. The number of halogens is 1. The van der Waals surface area contributed by atoms with Gasteiger partial charge < -0.3 is 9.84 Å². The summed E-state index contributed by atoms with van der Waals surface area (Å²) in [4.78, 5) is 13.1. The first-order chi connectivity index (χ1) is 9.52. The number of carbonyl (C=O) groups is 1. The minimum Gasteiger partial charge on any atom is -0.481 e. The standard InChI is InChI=1S/C13H20ClN3O3/c1-3-11-10(13(14)16(2)15-11)7-17-4-5-20-8-9(17)6-12(18)19/h9H,3-8H2,1-2H3,(H,18,19). The van der Waals surface area contributed by atoms with Gasteiger partial charge >= 0.3 is 5.97 Å². The van der Waals surface area contributed by atoms with Crippen LogP contribution in [0.3, 0.4) is 0 Å². The van der Waals surface area contributed by atoms with Gasteiger partial charge in [-0.25, -0.2) is 0 Å². The Bertz CT molecular complexity index is 489. The van der Waals surface area contributed by atoms with Gasteiger partial charge in [-0.1, -0.05) is 18.5 Å². The van der Waals surface area contributed by atoms with Crippen molar-refractivity contribution in [3.63, 3.8) is 0 Å². The average Bonchev–Trinajstić information content (AvgIpc) is 2.68. The molecule has 1 aromatic heterocycles. The molecule has 0 aliphatic carbocycles. The van der Waals surface area contributed by atoms with Crippen LogP contribution in [0.1, 0.15) is 24.6 Å². The highest BCUT2D eigenvalue weighted by Crippen LogP contribution is 2.24. The first-order valence-corrected chi connectivity index (χ1v) is 7.14. The van der Waals surface area contributed by atoms with Crippen LogP contribution in [-0.2, 0) is 29.5 Å². The molecule has 7 heteroatoms. The van der Waals surface area contributed by atoms with Crippen LogP contribution in [0, 0.1) is 0 Å². The van der Waals surface area contributed by atoms with E-state index in [0.29, 0.717) is 31.5 Å². The van der Waals surface area contributed by atoms with Gasteiger partial charge in [0.15, 0.2) is 0 Å². The molecule has 1 aromatic rings. The summed E-state index contributed by atoms with van der Waals surface area (Å²) in [5.41, 5.74) is 1.96. The summed E-state index contributed by atoms with van der Waals surface area (Å²) in [6.45, 7) is 4.45. The van der Waals surface area contributed by atoms with E-state index in [2.05, 4.69) is 10.00 Å². The van der Waals surface area contributed by atoms with E-state index in [4.69, 9.17) is 21.4 Å². The summed E-state index contributed by atoms with van der Waals surface area (Å²) < 4.78 is 7.05. The number of carboxylic acid groups (broad SMARTS) is 1. The molecule has 1 atom stereocenters. The van der Waals surface area contributed by atoms with E-state index < -0.39 is 5.97 Å². The maximum atomic E-state index is 10.9. The largest absolute Gasteiger partial charge is 0.481 e. The lowest BCUT2D eigenvalue weighted by Gasteiger charge is -2.34. The third-order valence-electron chi connectivity index (χ3n) is 3.61. The molecule has 0 amide bonds. The third-order valence-corrected chi connectivity index (χ3v) is 4.08. The van der Waals surface area contributed by atoms with Crippen molar-refractivity contribution in [2.24, 2.45) is 7.05 Å². The normalized spacial score (nSPS) is 20.2. The van der Waals surface area contributed by atoms with Crippen molar-refractivity contribution >= 4 is 17.6 Å². The lowest BCUT2D eigenvalue weighted by Crippen LogP contribution is -2.46. The molecule has 1 saturated heterocycles. The van der Waals surface area contributed by atoms with Gasteiger partial charge in [0.25, 0.3) is 0 Å². The number of carboxylic acids is 1. The molecule has 112 valence electrons. The fourth-order valence-electron chi connectivity index (χ4n) is 2.53. The molecule has 6 nitrogen and oxygen atoms in total. The number of hydrogen-bond donors (Lipinski definition) is 1. The molecule has 1 aliphatic rings. The Labute approximate surface area is 123 Å². The van der Waals surface area contributed by atoms with E-state index in [1.165, 1.54) is 0 Å². The predicted octanol–water partition coefficient (Wildman–Crippen LogP) is 1.31. The van der Waals surface area contributed by atoms with Gasteiger partial charge in [-0.2, -0.15) is 5.10 Å². The zero-order valence-electron chi connectivity index (χ0n) is 11.8. The summed E-state index contributed by atoms with van der Waals surface area (Å²) in [5, 5.41) is 14.0. The van der Waals surface area contributed by atoms with Crippen molar-refractivity contribution in [3.05, 3.63) is 16.4 Å². The molecule has 0 saturated carbocycles. The van der Waals surface area contributed by atoms with Crippen LogP contribution in [0.15, 0.2) is 0 Å². The van der Waals surface area contributed by atoms with Crippen LogP contribution in [0.25, 0.3) is 0 Å². The SMILES string of the molecule is CCc1nn(C)c(Cl)c1CN1CCOCC1CC(=O)O. The van der Waals surface area contributed by atoms with Crippen molar-refractivity contribution in [2.45, 2.75) is 32.4 Å². The maximum Gasteiger partial charge on any atom is 0.305 e. The van der Waals surface area contributed by atoms with E-state index in [0.717, 1.165) is 17.7 Å². The Balaban J connectivity index is 2.16. The van der Waals surface area contributed by atoms with Crippen molar-refractivity contribution in [1.29, 1.82) is 0 Å². The zero-order valence-corrected chi connectivity index (χ0v) is 12.6. The zero-order chi connectivity index (χ0) is 14.7. The second kappa shape index (κ2) is 6.56. The van der Waals surface area contributed by atoms with Crippen molar-refractivity contribution in [3.8, 4) is 0 Å². The molecule has 20 heavy (non-hydrogen) atoms. The van der Waals surface area contributed by atoms with Gasteiger partial charge in [-0.15, -0.1) is 0 Å². The quantitative estimate of drug-likeness (QED) is 0.888. The summed E-state index contributed by atoms with van der Waals surface area (Å²) in [6.07, 6.45) is 0.892. The number of nitrogens with zero attached hydrogens (tertiary/aromatic N) is 3. The van der Waals surface area contributed by atoms with E-state index in [-0.39, 0.29) is 12.5 Å². The van der Waals surface area contributed by atoms with E-state index in [1.807, 2.05) is 14.0 Å². The third kappa shape index (κ3) is 3.31. The summed E-state index contributed by atoms with van der Waals surface area (Å²) in [6, 6.07) is -0.109. The summed E-state index contributed by atoms with van der Waals surface area (Å²) >= 11 is 6.29. The minimum atomic E-state index is -0.807. The Morgan fingerprint density at radius 1 is 1.60 bits per heavy atom. The molecule has 0 radical (unpaired) electrons. The molecule has 0 bridgehead atoms. The van der Waals surface area contributed by atoms with Crippen LogP contribution < -0.4 is 0 Å². The van der Waals surface area contributed by atoms with Gasteiger partial charge in [0, 0.05) is 31.7 Å². The van der Waals surface area contributed by atoms with Crippen LogP contribution in [0.4, 0.5) is 0 Å². The van der Waals surface area contributed by atoms with E-state index in [1.54, 1.807) is 4.68 Å². The fraction of sp³-hybridized carbons (Fsp3) is 0.692. The predicted molar refractivity (Wildman–Crippen MR) is 74.9 cm³/mol. The molecule has 1 N–H and O–H groups in total. The second-order valence-electron chi connectivity index (χ2n) is 4.99. The van der Waals surface area contributed by atoms with Gasteiger partial charge in [0.05, 0.1) is 25.3 Å². The highest BCUT2D eigenvalue weighted by Gasteiger charge is 2.27. The molecule has 1 aliphatic heterocycles. The number of morpholine rings is 1. The molecule has 0 aromatic carbocycles. The lowest BCUT2D eigenvalue weighted by molar-refractivity contribution is -0.140. The number of aromatic nitrogens is 2. The van der Waals surface area contributed by atoms with Crippen LogP contribution in [-0.4, -0.2) is 51.6 Å². The average molecular weight is 302 g/mol. The van der Waals surface area contributed by atoms with Crippen molar-refractivity contribution < 1.29 is 14.6 Å². The number of aliphatic carboxylic acids is 1. The van der Waals surface area contributed by atoms with Crippen LogP contribution in [0.2, 0.25) is 5.15 Å². The Morgan fingerprint density at radius 3 is 3.00 bits per heavy atom. The lowest BCUT2D eigenvalue weighted by atomic mass is 10.1. The molecule has 1 fully saturated rings. The van der Waals surface area contributed by atoms with Gasteiger partial charge in [-0.3, -0.25) is 14.4 Å². The molecular weight excluding hydrogens is 282 g/mol. The highest BCUT2D eigenvalue weighted by molar-refractivity contribution is 6.30. The smallest absolute Gasteiger partial charge is 0.305 e. The molecule has 2 rings (SSSR count). The van der Waals surface area contributed by atoms with E-state index in [9.17, 15) is 4.79 Å². The van der Waals surface area contributed by atoms with E-state index >= 15 is 0 Å². The molecule has 0 spiro atoms. The summed E-state index contributed by atoms with van der Waals surface area (Å²) in [7, 11) is 1.82. The monoisotopic (exact) mass is 301 g/mol. The molecule has 2 heterocycles. The van der Waals surface area contributed by atoms with Crippen LogP contribution in [0.5, 0.6) is 0 Å². The van der Waals surface area contributed by atoms with Gasteiger partial charge in [-0.05, 0) is 6.42 Å². The minimum absolute atomic E-state index is 0.0827. The Hall–Kier alpha value is -1.11. The first kappa shape index (κ1) is 15.3. The number of rotatable bonds is 5. The summed E-state index contributed by atoms with van der Waals surface area (Å²) in [5.74, 6) is -0.807. The highest BCUT2D eigenvalue weighted by atomic mass is 35.5. The molecule has 1 unspecified atom stereocenters.